The molecule has 9 aromatic rings. The molecule has 0 fully saturated rings. The number of aromatic nitrogens is 2. The van der Waals surface area contributed by atoms with Gasteiger partial charge in [0.1, 0.15) is 0 Å². The number of fused-ring (bicyclic) bond motifs is 6. The molecule has 9 rings (SSSR count). The maximum Gasteiger partial charge on any atom is 0.0709 e. The molecule has 0 aliphatic carbocycles. The number of nitrogens with zero attached hydrogens (tertiary/aromatic N) is 2. The quantitative estimate of drug-likeness (QED) is 0.203. The zero-order chi connectivity index (χ0) is 29.0. The second kappa shape index (κ2) is 10.0. The minimum Gasteiger partial charge on any atom is -0.308 e. The van der Waals surface area contributed by atoms with E-state index >= 15 is 0 Å². The molecule has 0 saturated carbocycles. The van der Waals surface area contributed by atoms with Gasteiger partial charge in [0.25, 0.3) is 0 Å². The van der Waals surface area contributed by atoms with Crippen molar-refractivity contribution >= 4 is 53.3 Å². The van der Waals surface area contributed by atoms with E-state index in [1.807, 2.05) is 17.4 Å². The van der Waals surface area contributed by atoms with Crippen molar-refractivity contribution < 1.29 is 0 Å². The summed E-state index contributed by atoms with van der Waals surface area (Å²) in [5.41, 5.74) is 10.2. The van der Waals surface area contributed by atoms with E-state index < -0.39 is 0 Å². The summed E-state index contributed by atoms with van der Waals surface area (Å²) in [5.74, 6) is 0. The molecule has 0 aliphatic heterocycles. The lowest BCUT2D eigenvalue weighted by molar-refractivity contribution is 1.20. The Morgan fingerprint density at radius 1 is 0.409 bits per heavy atom. The summed E-state index contributed by atoms with van der Waals surface area (Å²) in [4.78, 5) is 5.08. The van der Waals surface area contributed by atoms with E-state index in [0.717, 1.165) is 22.5 Å². The maximum absolute atomic E-state index is 5.08. The fourth-order valence-corrected chi connectivity index (χ4v) is 7.73. The van der Waals surface area contributed by atoms with Gasteiger partial charge in [-0.3, -0.25) is 0 Å². The van der Waals surface area contributed by atoms with Gasteiger partial charge in [0.15, 0.2) is 0 Å². The highest BCUT2D eigenvalue weighted by molar-refractivity contribution is 7.26. The highest BCUT2D eigenvalue weighted by Gasteiger charge is 2.18. The smallest absolute Gasteiger partial charge is 0.0709 e. The average Bonchev–Trinajstić information content (AvgIpc) is 3.64. The third kappa shape index (κ3) is 3.98. The maximum atomic E-state index is 5.08. The number of rotatable bonds is 4. The van der Waals surface area contributed by atoms with E-state index in [9.17, 15) is 0 Å². The second-order valence-electron chi connectivity index (χ2n) is 11.2. The lowest BCUT2D eigenvalue weighted by Gasteiger charge is -2.11. The standard InChI is InChI=1S/C41H26N2S/c1-3-11-27(12-4-1)29-21-23-31-34-25-30(36-18-10-17-35(42-36)28-13-5-2-6-14-28)22-24-37(34)43(39(31)26-29)38-19-9-16-33-32-15-7-8-20-40(32)44-41(33)38/h1-26H. The molecule has 0 unspecified atom stereocenters. The topological polar surface area (TPSA) is 17.8 Å². The Kier molecular flexibility index (Phi) is 5.71. The monoisotopic (exact) mass is 578 g/mol. The van der Waals surface area contributed by atoms with Gasteiger partial charge >= 0.3 is 0 Å². The first kappa shape index (κ1) is 25.0. The van der Waals surface area contributed by atoms with Crippen LogP contribution in [0.1, 0.15) is 0 Å². The van der Waals surface area contributed by atoms with E-state index in [1.165, 1.54) is 58.8 Å². The molecule has 0 aliphatic rings. The molecule has 0 radical (unpaired) electrons. The minimum absolute atomic E-state index is 0.974. The largest absolute Gasteiger partial charge is 0.308 e. The lowest BCUT2D eigenvalue weighted by atomic mass is 10.0. The van der Waals surface area contributed by atoms with Crippen molar-refractivity contribution in [1.82, 2.24) is 9.55 Å². The summed E-state index contributed by atoms with van der Waals surface area (Å²) < 4.78 is 5.08. The van der Waals surface area contributed by atoms with Crippen LogP contribution in [0, 0.1) is 0 Å². The Labute approximate surface area is 259 Å². The molecule has 0 saturated heterocycles. The number of benzene rings is 6. The zero-order valence-electron chi connectivity index (χ0n) is 23.8. The van der Waals surface area contributed by atoms with E-state index in [1.54, 1.807) is 0 Å². The van der Waals surface area contributed by atoms with Crippen LogP contribution in [0.5, 0.6) is 0 Å². The summed E-state index contributed by atoms with van der Waals surface area (Å²) in [7, 11) is 0. The summed E-state index contributed by atoms with van der Waals surface area (Å²) in [6.07, 6.45) is 0. The first-order valence-electron chi connectivity index (χ1n) is 14.9. The molecule has 3 heterocycles. The third-order valence-corrected chi connectivity index (χ3v) is 9.82. The molecule has 0 spiro atoms. The fraction of sp³-hybridized carbons (Fsp3) is 0. The molecule has 0 bridgehead atoms. The Bertz CT molecular complexity index is 2490. The van der Waals surface area contributed by atoms with Crippen molar-refractivity contribution in [3.05, 3.63) is 158 Å². The van der Waals surface area contributed by atoms with Crippen molar-refractivity contribution in [1.29, 1.82) is 0 Å². The van der Waals surface area contributed by atoms with Crippen LogP contribution in [0.3, 0.4) is 0 Å². The predicted octanol–water partition coefficient (Wildman–Crippen LogP) is 11.5. The summed E-state index contributed by atoms with van der Waals surface area (Å²) in [5, 5.41) is 5.07. The van der Waals surface area contributed by atoms with Crippen molar-refractivity contribution in [3.8, 4) is 39.3 Å². The van der Waals surface area contributed by atoms with Crippen LogP contribution in [0.15, 0.2) is 158 Å². The molecule has 0 N–H and O–H groups in total. The molecule has 44 heavy (non-hydrogen) atoms. The van der Waals surface area contributed by atoms with E-state index in [-0.39, 0.29) is 0 Å². The Hall–Kier alpha value is -5.51. The molecule has 0 atom stereocenters. The van der Waals surface area contributed by atoms with Gasteiger partial charge in [0, 0.05) is 37.4 Å². The summed E-state index contributed by atoms with van der Waals surface area (Å²) in [6, 6.07) is 56.5. The van der Waals surface area contributed by atoms with Crippen LogP contribution < -0.4 is 0 Å². The van der Waals surface area contributed by atoms with E-state index in [4.69, 9.17) is 4.98 Å². The molecule has 0 amide bonds. The number of thiophene rings is 1. The van der Waals surface area contributed by atoms with Crippen LogP contribution in [0.2, 0.25) is 0 Å². The summed E-state index contributed by atoms with van der Waals surface area (Å²) in [6.45, 7) is 0. The van der Waals surface area contributed by atoms with Crippen molar-refractivity contribution in [2.24, 2.45) is 0 Å². The van der Waals surface area contributed by atoms with Gasteiger partial charge in [0.2, 0.25) is 0 Å². The van der Waals surface area contributed by atoms with Crippen LogP contribution in [-0.2, 0) is 0 Å². The first-order valence-corrected chi connectivity index (χ1v) is 15.7. The van der Waals surface area contributed by atoms with Gasteiger partial charge < -0.3 is 4.57 Å². The fourth-order valence-electron chi connectivity index (χ4n) is 6.52. The van der Waals surface area contributed by atoms with Gasteiger partial charge in [-0.1, -0.05) is 115 Å². The van der Waals surface area contributed by atoms with Crippen LogP contribution in [-0.4, -0.2) is 9.55 Å². The number of hydrogen-bond acceptors (Lipinski definition) is 2. The van der Waals surface area contributed by atoms with Crippen molar-refractivity contribution in [3.63, 3.8) is 0 Å². The molecule has 206 valence electrons. The molecule has 2 nitrogen and oxygen atoms in total. The van der Waals surface area contributed by atoms with Gasteiger partial charge in [-0.2, -0.15) is 0 Å². The lowest BCUT2D eigenvalue weighted by Crippen LogP contribution is -1.94. The highest BCUT2D eigenvalue weighted by atomic mass is 32.1. The van der Waals surface area contributed by atoms with Gasteiger partial charge in [-0.25, -0.2) is 4.98 Å². The van der Waals surface area contributed by atoms with Gasteiger partial charge in [0.05, 0.1) is 32.8 Å². The van der Waals surface area contributed by atoms with E-state index in [0.29, 0.717) is 0 Å². The number of hydrogen-bond donors (Lipinski definition) is 0. The summed E-state index contributed by atoms with van der Waals surface area (Å²) >= 11 is 1.87. The Morgan fingerprint density at radius 2 is 1.09 bits per heavy atom. The molecule has 3 heteroatoms. The zero-order valence-corrected chi connectivity index (χ0v) is 24.6. The van der Waals surface area contributed by atoms with Crippen molar-refractivity contribution in [2.75, 3.05) is 0 Å². The molecule has 6 aromatic carbocycles. The van der Waals surface area contributed by atoms with Gasteiger partial charge in [-0.15, -0.1) is 11.3 Å². The SMILES string of the molecule is c1ccc(-c2ccc3c4cc(-c5cccc(-c6ccccc6)n5)ccc4n(-c4cccc5c4sc4ccccc45)c3c2)cc1. The molecule has 3 aromatic heterocycles. The van der Waals surface area contributed by atoms with Gasteiger partial charge in [-0.05, 0) is 53.6 Å². The average molecular weight is 579 g/mol. The van der Waals surface area contributed by atoms with Crippen LogP contribution in [0.4, 0.5) is 0 Å². The second-order valence-corrected chi connectivity index (χ2v) is 12.2. The molecular weight excluding hydrogens is 553 g/mol. The first-order chi connectivity index (χ1) is 21.8. The highest BCUT2D eigenvalue weighted by Crippen LogP contribution is 2.42. The van der Waals surface area contributed by atoms with Crippen LogP contribution >= 0.6 is 11.3 Å². The van der Waals surface area contributed by atoms with Crippen LogP contribution in [0.25, 0.3) is 81.3 Å². The Morgan fingerprint density at radius 3 is 1.93 bits per heavy atom. The predicted molar refractivity (Wildman–Crippen MR) is 188 cm³/mol. The minimum atomic E-state index is 0.974. The third-order valence-electron chi connectivity index (χ3n) is 8.61. The van der Waals surface area contributed by atoms with E-state index in [2.05, 4.69) is 156 Å². The molecular formula is C41H26N2S. The Balaban J connectivity index is 1.31. The normalized spacial score (nSPS) is 11.6. The number of pyridine rings is 1. The van der Waals surface area contributed by atoms with Crippen molar-refractivity contribution in [2.45, 2.75) is 0 Å².